The Morgan fingerprint density at radius 3 is 3.00 bits per heavy atom. The van der Waals surface area contributed by atoms with Crippen LogP contribution < -0.4 is 5.32 Å². The Morgan fingerprint density at radius 1 is 1.41 bits per heavy atom. The van der Waals surface area contributed by atoms with Crippen LogP contribution >= 0.6 is 0 Å². The van der Waals surface area contributed by atoms with Crippen molar-refractivity contribution in [3.05, 3.63) is 34.4 Å². The molecule has 1 aromatic carbocycles. The molecular formula is C15H20N2. The molecule has 2 aliphatic rings. The highest BCUT2D eigenvalue weighted by molar-refractivity contribution is 5.91. The Labute approximate surface area is 103 Å². The second-order valence-corrected chi connectivity index (χ2v) is 5.12. The SMILES string of the molecule is CCc1cc2c(cc1C)CCC2C1=NCCN1. The fourth-order valence-electron chi connectivity index (χ4n) is 3.14. The first-order valence-corrected chi connectivity index (χ1v) is 6.70. The minimum Gasteiger partial charge on any atom is -0.371 e. The van der Waals surface area contributed by atoms with Crippen LogP contribution in [-0.2, 0) is 12.8 Å². The third-order valence-corrected chi connectivity index (χ3v) is 4.09. The molecule has 3 rings (SSSR count). The van der Waals surface area contributed by atoms with Crippen LogP contribution in [0.3, 0.4) is 0 Å². The number of aliphatic imine (C=N–C) groups is 1. The van der Waals surface area contributed by atoms with Crippen molar-refractivity contribution in [2.24, 2.45) is 4.99 Å². The zero-order chi connectivity index (χ0) is 11.8. The molecule has 1 aliphatic heterocycles. The van der Waals surface area contributed by atoms with Crippen molar-refractivity contribution in [3.63, 3.8) is 0 Å². The van der Waals surface area contributed by atoms with E-state index in [1.807, 2.05) is 0 Å². The summed E-state index contributed by atoms with van der Waals surface area (Å²) in [5, 5.41) is 3.44. The minimum atomic E-state index is 0.540. The van der Waals surface area contributed by atoms with E-state index in [9.17, 15) is 0 Å². The standard InChI is InChI=1S/C15H20N2/c1-3-11-9-14-12(8-10(11)2)4-5-13(14)15-16-6-7-17-15/h8-9,13H,3-7H2,1-2H3,(H,16,17). The van der Waals surface area contributed by atoms with Gasteiger partial charge in [0.15, 0.2) is 0 Å². The fourth-order valence-corrected chi connectivity index (χ4v) is 3.14. The van der Waals surface area contributed by atoms with Gasteiger partial charge in [0, 0.05) is 12.5 Å². The van der Waals surface area contributed by atoms with Gasteiger partial charge in [-0.3, -0.25) is 4.99 Å². The maximum Gasteiger partial charge on any atom is 0.104 e. The molecule has 0 saturated heterocycles. The summed E-state index contributed by atoms with van der Waals surface area (Å²) in [7, 11) is 0. The molecule has 0 aromatic heterocycles. The summed E-state index contributed by atoms with van der Waals surface area (Å²) in [6, 6.07) is 4.81. The van der Waals surface area contributed by atoms with Gasteiger partial charge in [-0.1, -0.05) is 19.1 Å². The smallest absolute Gasteiger partial charge is 0.104 e. The van der Waals surface area contributed by atoms with Gasteiger partial charge < -0.3 is 5.32 Å². The lowest BCUT2D eigenvalue weighted by atomic mass is 9.94. The molecule has 1 N–H and O–H groups in total. The van der Waals surface area contributed by atoms with Crippen molar-refractivity contribution in [1.82, 2.24) is 5.32 Å². The molecule has 0 fully saturated rings. The highest BCUT2D eigenvalue weighted by atomic mass is 15.1. The van der Waals surface area contributed by atoms with Gasteiger partial charge in [0.2, 0.25) is 0 Å². The summed E-state index contributed by atoms with van der Waals surface area (Å²) in [6.45, 7) is 6.45. The third kappa shape index (κ3) is 1.76. The second-order valence-electron chi connectivity index (χ2n) is 5.12. The fraction of sp³-hybridized carbons (Fsp3) is 0.533. The topological polar surface area (TPSA) is 24.4 Å². The van der Waals surface area contributed by atoms with Gasteiger partial charge in [-0.2, -0.15) is 0 Å². The molecular weight excluding hydrogens is 208 g/mol. The zero-order valence-corrected chi connectivity index (χ0v) is 10.7. The van der Waals surface area contributed by atoms with Crippen LogP contribution in [0.5, 0.6) is 0 Å². The molecule has 0 amide bonds. The molecule has 1 atom stereocenters. The molecule has 2 nitrogen and oxygen atoms in total. The van der Waals surface area contributed by atoms with Crippen LogP contribution in [0.25, 0.3) is 0 Å². The molecule has 0 radical (unpaired) electrons. The first-order valence-electron chi connectivity index (χ1n) is 6.70. The first kappa shape index (κ1) is 10.8. The van der Waals surface area contributed by atoms with Crippen molar-refractivity contribution in [1.29, 1.82) is 0 Å². The van der Waals surface area contributed by atoms with E-state index in [0.29, 0.717) is 5.92 Å². The van der Waals surface area contributed by atoms with E-state index in [0.717, 1.165) is 19.5 Å². The molecule has 1 heterocycles. The van der Waals surface area contributed by atoms with Gasteiger partial charge in [-0.15, -0.1) is 0 Å². The Kier molecular flexibility index (Phi) is 2.65. The molecule has 1 aliphatic carbocycles. The number of aryl methyl sites for hydroxylation is 3. The van der Waals surface area contributed by atoms with Crippen LogP contribution in [0.2, 0.25) is 0 Å². The Bertz CT molecular complexity index is 474. The maximum absolute atomic E-state index is 4.60. The van der Waals surface area contributed by atoms with E-state index in [1.54, 1.807) is 5.56 Å². The Hall–Kier alpha value is -1.31. The van der Waals surface area contributed by atoms with Crippen molar-refractivity contribution < 1.29 is 0 Å². The van der Waals surface area contributed by atoms with Gasteiger partial charge in [0.05, 0.1) is 6.54 Å². The summed E-state index contributed by atoms with van der Waals surface area (Å²) in [4.78, 5) is 4.60. The lowest BCUT2D eigenvalue weighted by Gasteiger charge is -2.14. The van der Waals surface area contributed by atoms with Crippen LogP contribution in [-0.4, -0.2) is 18.9 Å². The molecule has 0 saturated carbocycles. The van der Waals surface area contributed by atoms with Crippen LogP contribution in [0.1, 0.15) is 41.5 Å². The molecule has 1 aromatic rings. The number of fused-ring (bicyclic) bond motifs is 1. The summed E-state index contributed by atoms with van der Waals surface area (Å²) in [5.41, 5.74) is 6.02. The average molecular weight is 228 g/mol. The predicted molar refractivity (Wildman–Crippen MR) is 71.9 cm³/mol. The Balaban J connectivity index is 2.01. The van der Waals surface area contributed by atoms with Crippen molar-refractivity contribution in [2.45, 2.75) is 39.0 Å². The summed E-state index contributed by atoms with van der Waals surface area (Å²) in [5.74, 6) is 1.77. The second kappa shape index (κ2) is 4.17. The van der Waals surface area contributed by atoms with Gasteiger partial charge in [-0.05, 0) is 48.4 Å². The van der Waals surface area contributed by atoms with E-state index in [-0.39, 0.29) is 0 Å². The van der Waals surface area contributed by atoms with E-state index in [4.69, 9.17) is 0 Å². The van der Waals surface area contributed by atoms with Gasteiger partial charge in [0.1, 0.15) is 5.84 Å². The summed E-state index contributed by atoms with van der Waals surface area (Å²) in [6.07, 6.45) is 3.57. The van der Waals surface area contributed by atoms with E-state index in [2.05, 4.69) is 36.3 Å². The largest absolute Gasteiger partial charge is 0.371 e. The summed E-state index contributed by atoms with van der Waals surface area (Å²) < 4.78 is 0. The monoisotopic (exact) mass is 228 g/mol. The number of rotatable bonds is 2. The van der Waals surface area contributed by atoms with Crippen molar-refractivity contribution in [3.8, 4) is 0 Å². The van der Waals surface area contributed by atoms with E-state index >= 15 is 0 Å². The number of hydrogen-bond acceptors (Lipinski definition) is 2. The molecule has 0 bridgehead atoms. The molecule has 17 heavy (non-hydrogen) atoms. The number of benzene rings is 1. The minimum absolute atomic E-state index is 0.540. The van der Waals surface area contributed by atoms with Crippen molar-refractivity contribution >= 4 is 5.84 Å². The molecule has 2 heteroatoms. The molecule has 1 unspecified atom stereocenters. The van der Waals surface area contributed by atoms with Gasteiger partial charge in [-0.25, -0.2) is 0 Å². The average Bonchev–Trinajstić information content (AvgIpc) is 2.95. The lowest BCUT2D eigenvalue weighted by molar-refractivity contribution is 0.821. The maximum atomic E-state index is 4.60. The van der Waals surface area contributed by atoms with Crippen LogP contribution in [0.4, 0.5) is 0 Å². The highest BCUT2D eigenvalue weighted by Gasteiger charge is 2.28. The molecule has 0 spiro atoms. The lowest BCUT2D eigenvalue weighted by Crippen LogP contribution is -2.24. The summed E-state index contributed by atoms with van der Waals surface area (Å²) >= 11 is 0. The Morgan fingerprint density at radius 2 is 2.29 bits per heavy atom. The van der Waals surface area contributed by atoms with Crippen molar-refractivity contribution in [2.75, 3.05) is 13.1 Å². The number of nitrogens with one attached hydrogen (secondary N) is 1. The predicted octanol–water partition coefficient (Wildman–Crippen LogP) is 2.59. The highest BCUT2D eigenvalue weighted by Crippen LogP contribution is 2.36. The quantitative estimate of drug-likeness (QED) is 0.826. The van der Waals surface area contributed by atoms with Gasteiger partial charge in [0.25, 0.3) is 0 Å². The third-order valence-electron chi connectivity index (χ3n) is 4.09. The number of nitrogens with zero attached hydrogens (tertiary/aromatic N) is 1. The number of amidine groups is 1. The van der Waals surface area contributed by atoms with Crippen LogP contribution in [0.15, 0.2) is 17.1 Å². The molecule has 90 valence electrons. The van der Waals surface area contributed by atoms with Gasteiger partial charge >= 0.3 is 0 Å². The first-order chi connectivity index (χ1) is 8.29. The van der Waals surface area contributed by atoms with Crippen LogP contribution in [0, 0.1) is 6.92 Å². The number of hydrogen-bond donors (Lipinski definition) is 1. The van der Waals surface area contributed by atoms with E-state index < -0.39 is 0 Å². The van der Waals surface area contributed by atoms with E-state index in [1.165, 1.54) is 35.4 Å². The normalized spacial score (nSPS) is 22.2. The zero-order valence-electron chi connectivity index (χ0n) is 10.7.